The lowest BCUT2D eigenvalue weighted by Crippen LogP contribution is -2.44. The van der Waals surface area contributed by atoms with E-state index in [1.165, 1.54) is 0 Å². The number of ketones is 1. The normalized spacial score (nSPS) is 16.6. The maximum absolute atomic E-state index is 12.5. The van der Waals surface area contributed by atoms with Crippen molar-refractivity contribution in [3.05, 3.63) is 64.1 Å². The van der Waals surface area contributed by atoms with Crippen molar-refractivity contribution in [2.75, 3.05) is 26.3 Å². The van der Waals surface area contributed by atoms with Gasteiger partial charge in [0.1, 0.15) is 17.6 Å². The molecule has 1 atom stereocenters. The molecular weight excluding hydrogens is 422 g/mol. The first-order valence-electron chi connectivity index (χ1n) is 9.37. The van der Waals surface area contributed by atoms with Gasteiger partial charge in [-0.15, -0.1) is 0 Å². The van der Waals surface area contributed by atoms with Crippen LogP contribution in [0.5, 0.6) is 5.75 Å². The maximum Gasteiger partial charge on any atom is 0.260 e. The summed E-state index contributed by atoms with van der Waals surface area (Å²) in [4.78, 5) is 25.4. The highest BCUT2D eigenvalue weighted by Gasteiger charge is 2.25. The van der Waals surface area contributed by atoms with E-state index in [2.05, 4.69) is 15.9 Å². The molecule has 0 spiro atoms. The van der Waals surface area contributed by atoms with Gasteiger partial charge in [0.05, 0.1) is 13.2 Å². The molecule has 1 heterocycles. The van der Waals surface area contributed by atoms with Crippen LogP contribution in [0.25, 0.3) is 0 Å². The molecule has 0 N–H and O–H groups in total. The number of carbonyl (C=O) groups is 2. The molecule has 1 fully saturated rings. The lowest BCUT2D eigenvalue weighted by molar-refractivity contribution is -0.141. The topological polar surface area (TPSA) is 55.8 Å². The first-order valence-corrected chi connectivity index (χ1v) is 10.2. The molecule has 0 bridgehead atoms. The van der Waals surface area contributed by atoms with Crippen LogP contribution in [0.2, 0.25) is 0 Å². The molecule has 0 radical (unpaired) electrons. The van der Waals surface area contributed by atoms with Crippen LogP contribution in [0, 0.1) is 0 Å². The zero-order valence-corrected chi connectivity index (χ0v) is 17.5. The van der Waals surface area contributed by atoms with E-state index in [-0.39, 0.29) is 24.4 Å². The van der Waals surface area contributed by atoms with E-state index in [1.54, 1.807) is 11.8 Å². The van der Waals surface area contributed by atoms with Crippen molar-refractivity contribution in [3.8, 4) is 5.75 Å². The van der Waals surface area contributed by atoms with Crippen LogP contribution >= 0.6 is 15.9 Å². The van der Waals surface area contributed by atoms with Crippen molar-refractivity contribution in [2.24, 2.45) is 0 Å². The van der Waals surface area contributed by atoms with E-state index in [4.69, 9.17) is 9.47 Å². The number of Topliss-reactive ketones (excluding diaryl/α,β-unsaturated/α-hetero) is 1. The summed E-state index contributed by atoms with van der Waals surface area (Å²) in [5.74, 6) is 0.779. The summed E-state index contributed by atoms with van der Waals surface area (Å²) in [6, 6.07) is 15.5. The second-order valence-corrected chi connectivity index (χ2v) is 7.80. The van der Waals surface area contributed by atoms with Gasteiger partial charge in [-0.2, -0.15) is 0 Å². The molecule has 3 rings (SSSR count). The fourth-order valence-electron chi connectivity index (χ4n) is 3.06. The quantitative estimate of drug-likeness (QED) is 0.647. The molecule has 28 heavy (non-hydrogen) atoms. The fourth-order valence-corrected chi connectivity index (χ4v) is 3.33. The van der Waals surface area contributed by atoms with Gasteiger partial charge in [-0.05, 0) is 48.7 Å². The Hall–Kier alpha value is -2.18. The van der Waals surface area contributed by atoms with Gasteiger partial charge in [-0.3, -0.25) is 4.79 Å². The molecule has 148 valence electrons. The largest absolute Gasteiger partial charge is 0.484 e. The lowest BCUT2D eigenvalue weighted by atomic mass is 10.1. The van der Waals surface area contributed by atoms with E-state index in [0.717, 1.165) is 22.0 Å². The minimum Gasteiger partial charge on any atom is -0.484 e. The minimum atomic E-state index is -0.119. The third-order valence-electron chi connectivity index (χ3n) is 4.71. The summed E-state index contributed by atoms with van der Waals surface area (Å²) in [7, 11) is 0. The Balaban J connectivity index is 1.50. The van der Waals surface area contributed by atoms with Crippen molar-refractivity contribution in [2.45, 2.75) is 25.9 Å². The number of hydrogen-bond donors (Lipinski definition) is 0. The van der Waals surface area contributed by atoms with Gasteiger partial charge < -0.3 is 19.2 Å². The summed E-state index contributed by atoms with van der Waals surface area (Å²) >= 11 is 3.43. The van der Waals surface area contributed by atoms with E-state index in [1.807, 2.05) is 48.5 Å². The summed E-state index contributed by atoms with van der Waals surface area (Å²) in [6.07, 6.45) is 1.14. The van der Waals surface area contributed by atoms with Crippen molar-refractivity contribution in [3.63, 3.8) is 0 Å². The van der Waals surface area contributed by atoms with Gasteiger partial charge in [0.15, 0.2) is 6.61 Å². The molecule has 2 aromatic carbocycles. The number of ether oxygens (including phenoxy) is 2. The van der Waals surface area contributed by atoms with Gasteiger partial charge >= 0.3 is 0 Å². The average molecular weight is 446 g/mol. The number of halogens is 1. The van der Waals surface area contributed by atoms with Crippen molar-refractivity contribution < 1.29 is 19.1 Å². The Kier molecular flexibility index (Phi) is 7.23. The fraction of sp³-hybridized carbons (Fsp3) is 0.364. The molecule has 1 aliphatic heterocycles. The van der Waals surface area contributed by atoms with Crippen LogP contribution in [0.15, 0.2) is 53.0 Å². The smallest absolute Gasteiger partial charge is 0.260 e. The Morgan fingerprint density at radius 2 is 1.86 bits per heavy atom. The van der Waals surface area contributed by atoms with E-state index >= 15 is 0 Å². The Morgan fingerprint density at radius 3 is 2.54 bits per heavy atom. The van der Waals surface area contributed by atoms with Gasteiger partial charge in [0.2, 0.25) is 0 Å². The van der Waals surface area contributed by atoms with E-state index < -0.39 is 0 Å². The van der Waals surface area contributed by atoms with Gasteiger partial charge in [0.25, 0.3) is 5.91 Å². The maximum atomic E-state index is 12.5. The molecule has 6 heteroatoms. The number of amides is 1. The Bertz CT molecular complexity index is 804. The van der Waals surface area contributed by atoms with Gasteiger partial charge in [0, 0.05) is 17.4 Å². The second kappa shape index (κ2) is 9.85. The average Bonchev–Trinajstić information content (AvgIpc) is 2.72. The number of hydrogen-bond acceptors (Lipinski definition) is 4. The number of carbonyl (C=O) groups excluding carboxylic acids is 2. The molecule has 5 nitrogen and oxygen atoms in total. The van der Waals surface area contributed by atoms with Crippen molar-refractivity contribution in [1.29, 1.82) is 0 Å². The van der Waals surface area contributed by atoms with Crippen molar-refractivity contribution in [1.82, 2.24) is 4.90 Å². The third-order valence-corrected chi connectivity index (χ3v) is 5.24. The number of nitrogens with zero attached hydrogens (tertiary/aromatic N) is 1. The zero-order valence-electron chi connectivity index (χ0n) is 15.9. The molecule has 1 aliphatic rings. The third kappa shape index (κ3) is 5.91. The highest BCUT2D eigenvalue weighted by molar-refractivity contribution is 9.10. The molecule has 0 aliphatic carbocycles. The van der Waals surface area contributed by atoms with Crippen LogP contribution in [-0.4, -0.2) is 42.9 Å². The number of morpholine rings is 1. The Labute approximate surface area is 173 Å². The molecule has 0 aromatic heterocycles. The molecule has 1 saturated heterocycles. The van der Waals surface area contributed by atoms with E-state index in [9.17, 15) is 9.59 Å². The van der Waals surface area contributed by atoms with Crippen LogP contribution < -0.4 is 4.74 Å². The summed E-state index contributed by atoms with van der Waals surface area (Å²) in [6.45, 7) is 3.19. The molecule has 1 unspecified atom stereocenters. The lowest BCUT2D eigenvalue weighted by Gasteiger charge is -2.33. The number of benzene rings is 2. The van der Waals surface area contributed by atoms with Crippen LogP contribution in [0.4, 0.5) is 0 Å². The van der Waals surface area contributed by atoms with Crippen LogP contribution in [-0.2, 0) is 20.7 Å². The second-order valence-electron chi connectivity index (χ2n) is 6.89. The summed E-state index contributed by atoms with van der Waals surface area (Å²) in [5, 5.41) is 0. The summed E-state index contributed by atoms with van der Waals surface area (Å²) in [5.41, 5.74) is 2.14. The van der Waals surface area contributed by atoms with E-state index in [0.29, 0.717) is 31.9 Å². The monoisotopic (exact) mass is 445 g/mol. The van der Waals surface area contributed by atoms with Gasteiger partial charge in [-0.1, -0.05) is 40.2 Å². The predicted molar refractivity (Wildman–Crippen MR) is 110 cm³/mol. The highest BCUT2D eigenvalue weighted by atomic mass is 79.9. The molecule has 1 amide bonds. The minimum absolute atomic E-state index is 0.000148. The highest BCUT2D eigenvalue weighted by Crippen LogP contribution is 2.24. The van der Waals surface area contributed by atoms with Crippen molar-refractivity contribution >= 4 is 27.6 Å². The SMILES string of the molecule is CC(=O)CCc1ccc(OCC(=O)N2CCOC(c3ccc(Br)cc3)C2)cc1. The summed E-state index contributed by atoms with van der Waals surface area (Å²) < 4.78 is 12.5. The molecule has 0 saturated carbocycles. The predicted octanol–water partition coefficient (Wildman–Crippen LogP) is 3.95. The molecule has 2 aromatic rings. The number of aryl methyl sites for hydroxylation is 1. The number of rotatable bonds is 7. The van der Waals surface area contributed by atoms with Crippen LogP contribution in [0.3, 0.4) is 0 Å². The zero-order chi connectivity index (χ0) is 19.9. The molecular formula is C22H24BrNO4. The first-order chi connectivity index (χ1) is 13.5. The first kappa shape index (κ1) is 20.6. The Morgan fingerprint density at radius 1 is 1.14 bits per heavy atom. The van der Waals surface area contributed by atoms with Crippen LogP contribution in [0.1, 0.15) is 30.6 Å². The standard InChI is InChI=1S/C22H24BrNO4/c1-16(25)2-3-17-4-10-20(11-5-17)28-15-22(26)24-12-13-27-21(14-24)18-6-8-19(23)9-7-18/h4-11,21H,2-3,12-15H2,1H3. The van der Waals surface area contributed by atoms with Gasteiger partial charge in [-0.25, -0.2) is 0 Å².